The van der Waals surface area contributed by atoms with E-state index in [4.69, 9.17) is 0 Å². The summed E-state index contributed by atoms with van der Waals surface area (Å²) >= 11 is 0. The summed E-state index contributed by atoms with van der Waals surface area (Å²) < 4.78 is 23.0. The molecule has 0 spiro atoms. The summed E-state index contributed by atoms with van der Waals surface area (Å²) in [4.78, 5) is 0. The molecule has 3 unspecified atom stereocenters. The molecule has 16 heavy (non-hydrogen) atoms. The molecule has 1 heterocycles. The van der Waals surface area contributed by atoms with Crippen LogP contribution in [0.25, 0.3) is 0 Å². The molecule has 90 valence electrons. The summed E-state index contributed by atoms with van der Waals surface area (Å²) in [5.41, 5.74) is -0.329. The molecule has 3 atom stereocenters. The maximum absolute atomic E-state index is 11.5. The topological polar surface area (TPSA) is 57.9 Å². The third kappa shape index (κ3) is 1.98. The van der Waals surface area contributed by atoms with Crippen LogP contribution >= 0.6 is 0 Å². The lowest BCUT2D eigenvalue weighted by molar-refractivity contribution is 0.259. The zero-order valence-electron chi connectivity index (χ0n) is 9.78. The summed E-state index contributed by atoms with van der Waals surface area (Å²) in [6, 6.07) is 2.46. The Hall–Kier alpha value is -0.560. The van der Waals surface area contributed by atoms with Gasteiger partial charge in [0.1, 0.15) is 0 Å². The lowest BCUT2D eigenvalue weighted by Gasteiger charge is -2.27. The van der Waals surface area contributed by atoms with E-state index in [1.54, 1.807) is 0 Å². The highest BCUT2D eigenvalue weighted by Crippen LogP contribution is 2.50. The molecule has 1 saturated heterocycles. The van der Waals surface area contributed by atoms with Gasteiger partial charge in [0.25, 0.3) is 0 Å². The first-order valence-electron chi connectivity index (χ1n) is 6.13. The lowest BCUT2D eigenvalue weighted by atomic mass is 9.74. The first-order valence-corrected chi connectivity index (χ1v) is 7.95. The van der Waals surface area contributed by atoms with Crippen molar-refractivity contribution in [3.05, 3.63) is 0 Å². The first-order chi connectivity index (χ1) is 7.51. The largest absolute Gasteiger partial charge is 0.229 e. The highest BCUT2D eigenvalue weighted by molar-refractivity contribution is 7.91. The molecule has 0 aromatic heterocycles. The highest BCUT2D eigenvalue weighted by atomic mass is 32.2. The van der Waals surface area contributed by atoms with E-state index < -0.39 is 9.84 Å². The van der Waals surface area contributed by atoms with Crippen molar-refractivity contribution in [2.75, 3.05) is 11.5 Å². The highest BCUT2D eigenvalue weighted by Gasteiger charge is 2.48. The summed E-state index contributed by atoms with van der Waals surface area (Å²) in [6.07, 6.45) is 4.73. The molecule has 3 nitrogen and oxygen atoms in total. The van der Waals surface area contributed by atoms with Crippen LogP contribution in [-0.2, 0) is 9.84 Å². The van der Waals surface area contributed by atoms with Gasteiger partial charge in [0, 0.05) is 0 Å². The van der Waals surface area contributed by atoms with Crippen molar-refractivity contribution in [2.24, 2.45) is 17.3 Å². The molecule has 0 aromatic carbocycles. The standard InChI is InChI=1S/C12H19NO2S/c1-2-10-3-5-12(7-10,9-13)11-4-6-16(14,15)8-11/h10-11H,2-8H2,1H3. The van der Waals surface area contributed by atoms with Gasteiger partial charge >= 0.3 is 0 Å². The Kier molecular flexibility index (Phi) is 3.00. The fourth-order valence-corrected chi connectivity index (χ4v) is 5.23. The van der Waals surface area contributed by atoms with Crippen LogP contribution in [0.2, 0.25) is 0 Å². The van der Waals surface area contributed by atoms with Crippen molar-refractivity contribution in [1.29, 1.82) is 5.26 Å². The number of hydrogen-bond acceptors (Lipinski definition) is 3. The second-order valence-corrected chi connectivity index (χ2v) is 7.61. The Bertz CT molecular complexity index is 409. The third-order valence-electron chi connectivity index (χ3n) is 4.47. The van der Waals surface area contributed by atoms with Crippen molar-refractivity contribution in [3.8, 4) is 6.07 Å². The van der Waals surface area contributed by atoms with Gasteiger partial charge in [-0.2, -0.15) is 5.26 Å². The Balaban J connectivity index is 2.16. The normalized spacial score (nSPS) is 42.0. The van der Waals surface area contributed by atoms with E-state index in [0.717, 1.165) is 25.7 Å². The van der Waals surface area contributed by atoms with E-state index in [1.807, 2.05) is 0 Å². The van der Waals surface area contributed by atoms with Gasteiger partial charge < -0.3 is 0 Å². The predicted octanol–water partition coefficient (Wildman–Crippen LogP) is 2.14. The molecule has 2 rings (SSSR count). The monoisotopic (exact) mass is 241 g/mol. The third-order valence-corrected chi connectivity index (χ3v) is 6.23. The number of rotatable bonds is 2. The minimum Gasteiger partial charge on any atom is -0.229 e. The maximum Gasteiger partial charge on any atom is 0.150 e. The van der Waals surface area contributed by atoms with E-state index in [2.05, 4.69) is 13.0 Å². The van der Waals surface area contributed by atoms with Crippen LogP contribution in [0.5, 0.6) is 0 Å². The van der Waals surface area contributed by atoms with Crippen LogP contribution in [0.3, 0.4) is 0 Å². The number of nitriles is 1. The van der Waals surface area contributed by atoms with Crippen LogP contribution < -0.4 is 0 Å². The van der Waals surface area contributed by atoms with Crippen LogP contribution in [0, 0.1) is 28.6 Å². The quantitative estimate of drug-likeness (QED) is 0.744. The van der Waals surface area contributed by atoms with Gasteiger partial charge in [-0.1, -0.05) is 13.3 Å². The van der Waals surface area contributed by atoms with Gasteiger partial charge in [0.05, 0.1) is 23.0 Å². The fraction of sp³-hybridized carbons (Fsp3) is 0.917. The average molecular weight is 241 g/mol. The molecular weight excluding hydrogens is 222 g/mol. The minimum atomic E-state index is -2.86. The van der Waals surface area contributed by atoms with Crippen molar-refractivity contribution < 1.29 is 8.42 Å². The molecule has 0 N–H and O–H groups in total. The molecule has 0 amide bonds. The van der Waals surface area contributed by atoms with E-state index in [9.17, 15) is 13.7 Å². The lowest BCUT2D eigenvalue weighted by Crippen LogP contribution is -2.27. The van der Waals surface area contributed by atoms with E-state index in [-0.39, 0.29) is 22.8 Å². The van der Waals surface area contributed by atoms with E-state index in [1.165, 1.54) is 0 Å². The van der Waals surface area contributed by atoms with Gasteiger partial charge in [-0.25, -0.2) is 8.42 Å². The van der Waals surface area contributed by atoms with Gasteiger partial charge in [-0.15, -0.1) is 0 Å². The van der Waals surface area contributed by atoms with Gasteiger partial charge in [0.2, 0.25) is 0 Å². The summed E-state index contributed by atoms with van der Waals surface area (Å²) in [5, 5.41) is 9.42. The molecule has 1 aliphatic heterocycles. The predicted molar refractivity (Wildman–Crippen MR) is 62.4 cm³/mol. The van der Waals surface area contributed by atoms with Gasteiger partial charge in [-0.3, -0.25) is 0 Å². The van der Waals surface area contributed by atoms with Crippen LogP contribution in [0.4, 0.5) is 0 Å². The zero-order chi connectivity index (χ0) is 11.8. The SMILES string of the molecule is CCC1CCC(C#N)(C2CCS(=O)(=O)C2)C1. The number of hydrogen-bond donors (Lipinski definition) is 0. The van der Waals surface area contributed by atoms with Crippen LogP contribution in [0.1, 0.15) is 39.0 Å². The van der Waals surface area contributed by atoms with Gasteiger partial charge in [-0.05, 0) is 37.5 Å². The van der Waals surface area contributed by atoms with Crippen molar-refractivity contribution in [3.63, 3.8) is 0 Å². The van der Waals surface area contributed by atoms with E-state index >= 15 is 0 Å². The summed E-state index contributed by atoms with van der Waals surface area (Å²) in [7, 11) is -2.86. The Morgan fingerprint density at radius 3 is 2.62 bits per heavy atom. The molecule has 1 aliphatic carbocycles. The maximum atomic E-state index is 11.5. The Morgan fingerprint density at radius 1 is 1.44 bits per heavy atom. The minimum absolute atomic E-state index is 0.0963. The number of sulfone groups is 1. The Morgan fingerprint density at radius 2 is 2.19 bits per heavy atom. The smallest absolute Gasteiger partial charge is 0.150 e. The molecular formula is C12H19NO2S. The number of nitrogens with zero attached hydrogens (tertiary/aromatic N) is 1. The molecule has 2 fully saturated rings. The van der Waals surface area contributed by atoms with Crippen LogP contribution in [0.15, 0.2) is 0 Å². The van der Waals surface area contributed by atoms with Crippen molar-refractivity contribution in [1.82, 2.24) is 0 Å². The molecule has 0 aromatic rings. The summed E-state index contributed by atoms with van der Waals surface area (Å²) in [5.74, 6) is 1.26. The average Bonchev–Trinajstić information content (AvgIpc) is 2.82. The molecule has 4 heteroatoms. The molecule has 0 radical (unpaired) electrons. The van der Waals surface area contributed by atoms with Crippen LogP contribution in [-0.4, -0.2) is 19.9 Å². The first kappa shape index (κ1) is 11.9. The zero-order valence-corrected chi connectivity index (χ0v) is 10.6. The Labute approximate surface area is 97.8 Å². The second kappa shape index (κ2) is 4.03. The van der Waals surface area contributed by atoms with Gasteiger partial charge in [0.15, 0.2) is 9.84 Å². The van der Waals surface area contributed by atoms with Crippen molar-refractivity contribution in [2.45, 2.75) is 39.0 Å². The van der Waals surface area contributed by atoms with Crippen molar-refractivity contribution >= 4 is 9.84 Å². The fourth-order valence-electron chi connectivity index (χ4n) is 3.32. The molecule has 1 saturated carbocycles. The molecule has 2 aliphatic rings. The summed E-state index contributed by atoms with van der Waals surface area (Å²) in [6.45, 7) is 2.16. The van der Waals surface area contributed by atoms with E-state index in [0.29, 0.717) is 12.3 Å². The molecule has 0 bridgehead atoms. The second-order valence-electron chi connectivity index (χ2n) is 5.38.